The Bertz CT molecular complexity index is 440. The van der Waals surface area contributed by atoms with E-state index in [1.165, 1.54) is 0 Å². The van der Waals surface area contributed by atoms with Crippen molar-refractivity contribution in [3.8, 4) is 0 Å². The molecule has 2 aliphatic heterocycles. The summed E-state index contributed by atoms with van der Waals surface area (Å²) in [4.78, 5) is 36.8. The molecule has 7 heteroatoms. The zero-order valence-electron chi connectivity index (χ0n) is 12.5. The second-order valence-electron chi connectivity index (χ2n) is 6.26. The van der Waals surface area contributed by atoms with Gasteiger partial charge in [-0.3, -0.25) is 14.4 Å². The average molecular weight is 297 g/mol. The maximum Gasteiger partial charge on any atom is 0.322 e. The lowest BCUT2D eigenvalue weighted by Crippen LogP contribution is -2.51. The van der Waals surface area contributed by atoms with E-state index in [0.717, 1.165) is 13.0 Å². The Morgan fingerprint density at radius 3 is 2.52 bits per heavy atom. The largest absolute Gasteiger partial charge is 0.480 e. The van der Waals surface area contributed by atoms with Crippen molar-refractivity contribution in [2.24, 2.45) is 11.8 Å². The summed E-state index contributed by atoms with van der Waals surface area (Å²) in [6.45, 7) is 5.04. The minimum absolute atomic E-state index is 0.0424. The number of rotatable bonds is 4. The second kappa shape index (κ2) is 6.43. The molecule has 118 valence electrons. The number of hydrogen-bond acceptors (Lipinski definition) is 4. The fourth-order valence-electron chi connectivity index (χ4n) is 3.12. The Balaban J connectivity index is 2.00. The third kappa shape index (κ3) is 3.72. The zero-order chi connectivity index (χ0) is 15.6. The number of aliphatic carboxylic acids is 1. The van der Waals surface area contributed by atoms with Gasteiger partial charge in [-0.2, -0.15) is 0 Å². The normalized spacial score (nSPS) is 32.2. The van der Waals surface area contributed by atoms with Crippen LogP contribution in [0.2, 0.25) is 0 Å². The van der Waals surface area contributed by atoms with E-state index in [1.54, 1.807) is 4.90 Å². The van der Waals surface area contributed by atoms with Crippen molar-refractivity contribution >= 4 is 17.8 Å². The fraction of sp³-hybridized carbons (Fsp3) is 0.786. The molecule has 0 bridgehead atoms. The van der Waals surface area contributed by atoms with Crippen LogP contribution in [0.15, 0.2) is 0 Å². The molecule has 0 aromatic heterocycles. The van der Waals surface area contributed by atoms with Crippen LogP contribution in [0.1, 0.15) is 26.7 Å². The highest BCUT2D eigenvalue weighted by molar-refractivity contribution is 5.91. The number of carboxylic acid groups (broad SMARTS) is 1. The van der Waals surface area contributed by atoms with Gasteiger partial charge in [0, 0.05) is 6.54 Å². The SMILES string of the molecule is CC1CN[C@H](C(=O)N2C[C@@H](C)C[C@H]2C(=O)NCC(=O)O)C1. The highest BCUT2D eigenvalue weighted by atomic mass is 16.4. The van der Waals surface area contributed by atoms with E-state index in [2.05, 4.69) is 17.6 Å². The predicted octanol–water partition coefficient (Wildman–Crippen LogP) is -0.578. The molecule has 0 saturated carbocycles. The highest BCUT2D eigenvalue weighted by Crippen LogP contribution is 2.26. The summed E-state index contributed by atoms with van der Waals surface area (Å²) in [6, 6.07) is -0.773. The topological polar surface area (TPSA) is 98.7 Å². The molecule has 1 unspecified atom stereocenters. The van der Waals surface area contributed by atoms with Crippen molar-refractivity contribution in [3.05, 3.63) is 0 Å². The summed E-state index contributed by atoms with van der Waals surface area (Å²) in [5.41, 5.74) is 0. The molecule has 0 aliphatic carbocycles. The van der Waals surface area contributed by atoms with Crippen LogP contribution in [0.4, 0.5) is 0 Å². The van der Waals surface area contributed by atoms with E-state index >= 15 is 0 Å². The summed E-state index contributed by atoms with van der Waals surface area (Å²) in [7, 11) is 0. The van der Waals surface area contributed by atoms with Gasteiger partial charge in [0.25, 0.3) is 0 Å². The van der Waals surface area contributed by atoms with Crippen molar-refractivity contribution in [1.82, 2.24) is 15.5 Å². The van der Waals surface area contributed by atoms with Gasteiger partial charge in [-0.1, -0.05) is 13.8 Å². The zero-order valence-corrected chi connectivity index (χ0v) is 12.5. The van der Waals surface area contributed by atoms with E-state index in [4.69, 9.17) is 5.11 Å². The first kappa shape index (κ1) is 15.8. The quantitative estimate of drug-likeness (QED) is 0.645. The van der Waals surface area contributed by atoms with E-state index in [0.29, 0.717) is 18.9 Å². The third-order valence-electron chi connectivity index (χ3n) is 4.16. The van der Waals surface area contributed by atoms with E-state index < -0.39 is 18.6 Å². The van der Waals surface area contributed by atoms with Gasteiger partial charge in [-0.25, -0.2) is 0 Å². The van der Waals surface area contributed by atoms with Gasteiger partial charge in [0.1, 0.15) is 12.6 Å². The Morgan fingerprint density at radius 2 is 1.95 bits per heavy atom. The van der Waals surface area contributed by atoms with E-state index in [1.807, 2.05) is 6.92 Å². The number of carboxylic acids is 1. The van der Waals surface area contributed by atoms with Gasteiger partial charge >= 0.3 is 5.97 Å². The maximum absolute atomic E-state index is 12.6. The molecule has 0 radical (unpaired) electrons. The molecule has 2 aliphatic rings. The number of nitrogens with zero attached hydrogens (tertiary/aromatic N) is 1. The lowest BCUT2D eigenvalue weighted by molar-refractivity contribution is -0.141. The van der Waals surface area contributed by atoms with Gasteiger partial charge in [-0.15, -0.1) is 0 Å². The van der Waals surface area contributed by atoms with Gasteiger partial charge < -0.3 is 20.6 Å². The molecule has 0 spiro atoms. The molecule has 7 nitrogen and oxygen atoms in total. The number of hydrogen-bond donors (Lipinski definition) is 3. The first-order valence-corrected chi connectivity index (χ1v) is 7.41. The first-order chi connectivity index (χ1) is 9.88. The monoisotopic (exact) mass is 297 g/mol. The number of nitrogens with one attached hydrogen (secondary N) is 2. The highest BCUT2D eigenvalue weighted by Gasteiger charge is 2.41. The van der Waals surface area contributed by atoms with Crippen molar-refractivity contribution in [2.75, 3.05) is 19.6 Å². The lowest BCUT2D eigenvalue weighted by atomic mass is 10.1. The average Bonchev–Trinajstić information content (AvgIpc) is 3.01. The van der Waals surface area contributed by atoms with Crippen LogP contribution >= 0.6 is 0 Å². The molecule has 3 N–H and O–H groups in total. The third-order valence-corrected chi connectivity index (χ3v) is 4.16. The van der Waals surface area contributed by atoms with Crippen LogP contribution in [0.5, 0.6) is 0 Å². The predicted molar refractivity (Wildman–Crippen MR) is 75.5 cm³/mol. The van der Waals surface area contributed by atoms with Crippen LogP contribution in [0, 0.1) is 11.8 Å². The van der Waals surface area contributed by atoms with Crippen LogP contribution in [0.25, 0.3) is 0 Å². The lowest BCUT2D eigenvalue weighted by Gasteiger charge is -2.26. The molecule has 2 heterocycles. The van der Waals surface area contributed by atoms with Crippen molar-refractivity contribution < 1.29 is 19.5 Å². The van der Waals surface area contributed by atoms with Crippen molar-refractivity contribution in [1.29, 1.82) is 0 Å². The first-order valence-electron chi connectivity index (χ1n) is 7.41. The molecular weight excluding hydrogens is 274 g/mol. The molecular formula is C14H23N3O4. The summed E-state index contributed by atoms with van der Waals surface area (Å²) < 4.78 is 0. The van der Waals surface area contributed by atoms with E-state index in [9.17, 15) is 14.4 Å². The molecule has 2 fully saturated rings. The van der Waals surface area contributed by atoms with Gasteiger partial charge in [-0.05, 0) is 31.2 Å². The second-order valence-corrected chi connectivity index (χ2v) is 6.26. The minimum Gasteiger partial charge on any atom is -0.480 e. The Kier molecular flexibility index (Phi) is 4.82. The fourth-order valence-corrected chi connectivity index (χ4v) is 3.12. The molecule has 2 rings (SSSR count). The molecule has 0 aromatic rings. The van der Waals surface area contributed by atoms with Gasteiger partial charge in [0.2, 0.25) is 11.8 Å². The van der Waals surface area contributed by atoms with Gasteiger partial charge in [0.05, 0.1) is 6.04 Å². The number of carbonyl (C=O) groups is 3. The minimum atomic E-state index is -1.08. The molecule has 2 saturated heterocycles. The van der Waals surface area contributed by atoms with Crippen LogP contribution < -0.4 is 10.6 Å². The Morgan fingerprint density at radius 1 is 1.24 bits per heavy atom. The summed E-state index contributed by atoms with van der Waals surface area (Å²) in [5.74, 6) is -0.800. The number of likely N-dealkylation sites (tertiary alicyclic amines) is 1. The van der Waals surface area contributed by atoms with Crippen molar-refractivity contribution in [2.45, 2.75) is 38.8 Å². The standard InChI is InChI=1S/C14H23N3O4/c1-8-3-10(15-5-8)14(21)17-7-9(2)4-11(17)13(20)16-6-12(18)19/h8-11,15H,3-7H2,1-2H3,(H,16,20)(H,18,19)/t8?,9-,10-,11-/m0/s1. The van der Waals surface area contributed by atoms with Crippen molar-refractivity contribution in [3.63, 3.8) is 0 Å². The summed E-state index contributed by atoms with van der Waals surface area (Å²) in [6.07, 6.45) is 1.37. The molecule has 2 amide bonds. The summed E-state index contributed by atoms with van der Waals surface area (Å²) >= 11 is 0. The Hall–Kier alpha value is -1.63. The van der Waals surface area contributed by atoms with Gasteiger partial charge in [0.15, 0.2) is 0 Å². The van der Waals surface area contributed by atoms with Crippen LogP contribution in [-0.4, -0.2) is 59.5 Å². The molecule has 21 heavy (non-hydrogen) atoms. The van der Waals surface area contributed by atoms with Crippen LogP contribution in [-0.2, 0) is 14.4 Å². The smallest absolute Gasteiger partial charge is 0.322 e. The molecule has 0 aromatic carbocycles. The number of carbonyl (C=O) groups excluding carboxylic acids is 2. The number of amides is 2. The van der Waals surface area contributed by atoms with Crippen LogP contribution in [0.3, 0.4) is 0 Å². The molecule has 4 atom stereocenters. The Labute approximate surface area is 124 Å². The van der Waals surface area contributed by atoms with E-state index in [-0.39, 0.29) is 23.8 Å². The maximum atomic E-state index is 12.6. The summed E-state index contributed by atoms with van der Waals surface area (Å²) in [5, 5.41) is 14.2.